The Bertz CT molecular complexity index is 360. The summed E-state index contributed by atoms with van der Waals surface area (Å²) in [6, 6.07) is 0. The molecule has 0 heterocycles. The summed E-state index contributed by atoms with van der Waals surface area (Å²) < 4.78 is 5.79. The minimum Gasteiger partial charge on any atom is -0.365 e. The summed E-state index contributed by atoms with van der Waals surface area (Å²) in [6.07, 6.45) is 8.17. The van der Waals surface area contributed by atoms with Gasteiger partial charge in [-0.15, -0.1) is 6.58 Å². The minimum absolute atomic E-state index is 0.339. The standard InChI is InChI=1S/C20H39NO3/c1-6-13-21(23)14-7-8-15-24-20(22)11-9-18(10-12-20)19(4,5)16-17(2)3/h6,17-18,22-23H,1,7-16H2,2-5H3. The van der Waals surface area contributed by atoms with E-state index < -0.39 is 5.79 Å². The van der Waals surface area contributed by atoms with Crippen LogP contribution in [0.15, 0.2) is 12.7 Å². The molecular weight excluding hydrogens is 302 g/mol. The van der Waals surface area contributed by atoms with Crippen molar-refractivity contribution in [3.8, 4) is 0 Å². The molecule has 0 aromatic heterocycles. The third-order valence-corrected chi connectivity index (χ3v) is 5.33. The van der Waals surface area contributed by atoms with Gasteiger partial charge in [0.1, 0.15) is 0 Å². The van der Waals surface area contributed by atoms with E-state index in [1.165, 1.54) is 11.5 Å². The zero-order chi connectivity index (χ0) is 18.2. The number of nitrogens with zero attached hydrogens (tertiary/aromatic N) is 1. The number of aliphatic hydroxyl groups is 1. The summed E-state index contributed by atoms with van der Waals surface area (Å²) >= 11 is 0. The monoisotopic (exact) mass is 341 g/mol. The Morgan fingerprint density at radius 1 is 1.29 bits per heavy atom. The fourth-order valence-electron chi connectivity index (χ4n) is 4.11. The smallest absolute Gasteiger partial charge is 0.165 e. The van der Waals surface area contributed by atoms with Gasteiger partial charge in [-0.05, 0) is 49.4 Å². The van der Waals surface area contributed by atoms with Crippen LogP contribution in [0.3, 0.4) is 0 Å². The molecule has 24 heavy (non-hydrogen) atoms. The van der Waals surface area contributed by atoms with Crippen molar-refractivity contribution in [1.82, 2.24) is 5.06 Å². The first-order valence-electron chi connectivity index (χ1n) is 9.59. The molecule has 0 aromatic carbocycles. The van der Waals surface area contributed by atoms with Crippen LogP contribution in [0.25, 0.3) is 0 Å². The van der Waals surface area contributed by atoms with Crippen molar-refractivity contribution in [2.24, 2.45) is 17.3 Å². The van der Waals surface area contributed by atoms with Crippen molar-refractivity contribution in [2.45, 2.75) is 78.4 Å². The van der Waals surface area contributed by atoms with Crippen molar-refractivity contribution in [3.05, 3.63) is 12.7 Å². The largest absolute Gasteiger partial charge is 0.365 e. The average molecular weight is 342 g/mol. The fraction of sp³-hybridized carbons (Fsp3) is 0.900. The van der Waals surface area contributed by atoms with Gasteiger partial charge in [0.15, 0.2) is 5.79 Å². The normalized spacial score (nSPS) is 25.4. The molecule has 142 valence electrons. The predicted octanol–water partition coefficient (Wildman–Crippen LogP) is 4.61. The Morgan fingerprint density at radius 3 is 2.46 bits per heavy atom. The molecule has 1 aliphatic rings. The molecule has 2 N–H and O–H groups in total. The van der Waals surface area contributed by atoms with E-state index in [-0.39, 0.29) is 0 Å². The van der Waals surface area contributed by atoms with Gasteiger partial charge < -0.3 is 15.1 Å². The molecule has 0 atom stereocenters. The van der Waals surface area contributed by atoms with E-state index in [4.69, 9.17) is 4.74 Å². The SMILES string of the molecule is C=CCN(O)CCCCOC1(O)CCC(C(C)(C)CC(C)C)CC1. The number of hydroxylamine groups is 2. The van der Waals surface area contributed by atoms with Gasteiger partial charge in [-0.3, -0.25) is 0 Å². The Morgan fingerprint density at radius 2 is 1.92 bits per heavy atom. The first-order chi connectivity index (χ1) is 11.2. The molecule has 0 aliphatic heterocycles. The van der Waals surface area contributed by atoms with Crippen LogP contribution in [0.2, 0.25) is 0 Å². The molecule has 0 saturated heterocycles. The molecule has 1 aliphatic carbocycles. The minimum atomic E-state index is -0.940. The van der Waals surface area contributed by atoms with E-state index in [0.717, 1.165) is 38.5 Å². The van der Waals surface area contributed by atoms with Crippen LogP contribution in [0.5, 0.6) is 0 Å². The maximum atomic E-state index is 10.6. The molecule has 4 nitrogen and oxygen atoms in total. The quantitative estimate of drug-likeness (QED) is 0.249. The highest BCUT2D eigenvalue weighted by Crippen LogP contribution is 2.45. The van der Waals surface area contributed by atoms with Gasteiger partial charge >= 0.3 is 0 Å². The second-order valence-electron chi connectivity index (χ2n) is 8.56. The summed E-state index contributed by atoms with van der Waals surface area (Å²) in [6.45, 7) is 14.5. The molecule has 1 rings (SSSR count). The first kappa shape index (κ1) is 21.6. The topological polar surface area (TPSA) is 52.9 Å². The van der Waals surface area contributed by atoms with Crippen molar-refractivity contribution in [3.63, 3.8) is 0 Å². The van der Waals surface area contributed by atoms with Crippen molar-refractivity contribution in [2.75, 3.05) is 19.7 Å². The summed E-state index contributed by atoms with van der Waals surface area (Å²) in [4.78, 5) is 0. The lowest BCUT2D eigenvalue weighted by Crippen LogP contribution is -2.40. The van der Waals surface area contributed by atoms with E-state index in [9.17, 15) is 10.3 Å². The number of rotatable bonds is 11. The van der Waals surface area contributed by atoms with Gasteiger partial charge in [-0.25, -0.2) is 0 Å². The van der Waals surface area contributed by atoms with Crippen molar-refractivity contribution in [1.29, 1.82) is 0 Å². The van der Waals surface area contributed by atoms with Crippen LogP contribution in [-0.2, 0) is 4.74 Å². The summed E-state index contributed by atoms with van der Waals surface area (Å²) in [7, 11) is 0. The summed E-state index contributed by atoms with van der Waals surface area (Å²) in [5.74, 6) is 0.444. The molecule has 4 heteroatoms. The van der Waals surface area contributed by atoms with Gasteiger partial charge in [0, 0.05) is 25.9 Å². The highest BCUT2D eigenvalue weighted by Gasteiger charge is 2.39. The lowest BCUT2D eigenvalue weighted by atomic mass is 9.66. The summed E-state index contributed by atoms with van der Waals surface area (Å²) in [5.41, 5.74) is 0.339. The van der Waals surface area contributed by atoms with Crippen LogP contribution < -0.4 is 0 Å². The zero-order valence-electron chi connectivity index (χ0n) is 16.3. The number of hydrogen-bond acceptors (Lipinski definition) is 4. The number of unbranched alkanes of at least 4 members (excludes halogenated alkanes) is 1. The summed E-state index contributed by atoms with van der Waals surface area (Å²) in [5, 5.41) is 21.4. The third kappa shape index (κ3) is 7.64. The Labute approximate surface area is 148 Å². The van der Waals surface area contributed by atoms with Crippen LogP contribution in [0.1, 0.15) is 72.6 Å². The van der Waals surface area contributed by atoms with Gasteiger partial charge in [0.25, 0.3) is 0 Å². The molecular formula is C20H39NO3. The Balaban J connectivity index is 2.26. The van der Waals surface area contributed by atoms with Crippen molar-refractivity contribution < 1.29 is 15.1 Å². The maximum absolute atomic E-state index is 10.6. The molecule has 0 amide bonds. The van der Waals surface area contributed by atoms with E-state index >= 15 is 0 Å². The Kier molecular flexibility index (Phi) is 8.93. The number of ether oxygens (including phenoxy) is 1. The predicted molar refractivity (Wildman–Crippen MR) is 98.9 cm³/mol. The van der Waals surface area contributed by atoms with E-state index in [1.54, 1.807) is 6.08 Å². The Hall–Kier alpha value is -0.420. The molecule has 0 unspecified atom stereocenters. The van der Waals surface area contributed by atoms with E-state index in [0.29, 0.717) is 36.9 Å². The molecule has 1 saturated carbocycles. The van der Waals surface area contributed by atoms with Gasteiger partial charge in [-0.2, -0.15) is 5.06 Å². The van der Waals surface area contributed by atoms with E-state index in [2.05, 4.69) is 34.3 Å². The van der Waals surface area contributed by atoms with Crippen LogP contribution >= 0.6 is 0 Å². The van der Waals surface area contributed by atoms with Crippen LogP contribution in [0.4, 0.5) is 0 Å². The van der Waals surface area contributed by atoms with Crippen molar-refractivity contribution >= 4 is 0 Å². The molecule has 0 aromatic rings. The third-order valence-electron chi connectivity index (χ3n) is 5.33. The zero-order valence-corrected chi connectivity index (χ0v) is 16.3. The first-order valence-corrected chi connectivity index (χ1v) is 9.59. The number of hydrogen-bond donors (Lipinski definition) is 2. The van der Waals surface area contributed by atoms with Crippen LogP contribution in [-0.4, -0.2) is 40.9 Å². The van der Waals surface area contributed by atoms with Gasteiger partial charge in [-0.1, -0.05) is 33.8 Å². The second-order valence-corrected chi connectivity index (χ2v) is 8.56. The second kappa shape index (κ2) is 9.91. The van der Waals surface area contributed by atoms with Gasteiger partial charge in [0.2, 0.25) is 0 Å². The van der Waals surface area contributed by atoms with Crippen LogP contribution in [0, 0.1) is 17.3 Å². The fourth-order valence-corrected chi connectivity index (χ4v) is 4.11. The maximum Gasteiger partial charge on any atom is 0.165 e. The average Bonchev–Trinajstić information content (AvgIpc) is 2.46. The highest BCUT2D eigenvalue weighted by molar-refractivity contribution is 4.87. The molecule has 0 radical (unpaired) electrons. The molecule has 1 fully saturated rings. The molecule has 0 bridgehead atoms. The molecule has 0 spiro atoms. The highest BCUT2D eigenvalue weighted by atomic mass is 16.6. The van der Waals surface area contributed by atoms with Gasteiger partial charge in [0.05, 0.1) is 6.61 Å². The van der Waals surface area contributed by atoms with E-state index in [1.807, 2.05) is 0 Å². The lowest BCUT2D eigenvalue weighted by molar-refractivity contribution is -0.229. The lowest BCUT2D eigenvalue weighted by Gasteiger charge is -2.43.